The third-order valence-corrected chi connectivity index (χ3v) is 4.43. The molecule has 0 radical (unpaired) electrons. The van der Waals surface area contributed by atoms with Crippen molar-refractivity contribution in [2.24, 2.45) is 0 Å². The number of halogens is 1. The Morgan fingerprint density at radius 1 is 1.22 bits per heavy atom. The smallest absolute Gasteiger partial charge is 0.119 e. The van der Waals surface area contributed by atoms with Gasteiger partial charge in [0.1, 0.15) is 5.75 Å². The maximum absolute atomic E-state index is 9.07. The van der Waals surface area contributed by atoms with Crippen molar-refractivity contribution in [2.75, 3.05) is 7.11 Å². The van der Waals surface area contributed by atoms with E-state index in [0.717, 1.165) is 25.6 Å². The summed E-state index contributed by atoms with van der Waals surface area (Å²) in [6.45, 7) is 0.0582. The van der Waals surface area contributed by atoms with Crippen LogP contribution in [0.15, 0.2) is 56.7 Å². The SMILES string of the molecule is COc1cccc(Sc2ccc(CO)cc2Br)c1. The average molecular weight is 325 g/mol. The standard InChI is InChI=1S/C14H13BrO2S/c1-17-11-3-2-4-12(8-11)18-14-6-5-10(9-16)7-13(14)15/h2-8,16H,9H2,1H3. The van der Waals surface area contributed by atoms with Crippen molar-refractivity contribution in [1.29, 1.82) is 0 Å². The maximum Gasteiger partial charge on any atom is 0.119 e. The zero-order chi connectivity index (χ0) is 13.0. The fourth-order valence-electron chi connectivity index (χ4n) is 1.52. The Labute approximate surface area is 119 Å². The third-order valence-electron chi connectivity index (χ3n) is 2.45. The van der Waals surface area contributed by atoms with Crippen LogP contribution >= 0.6 is 27.7 Å². The molecule has 0 saturated heterocycles. The number of aliphatic hydroxyl groups excluding tert-OH is 1. The Hall–Kier alpha value is -0.970. The summed E-state index contributed by atoms with van der Waals surface area (Å²) in [7, 11) is 1.66. The second-order valence-electron chi connectivity index (χ2n) is 3.70. The molecular formula is C14H13BrO2S. The Kier molecular flexibility index (Phi) is 4.69. The van der Waals surface area contributed by atoms with Gasteiger partial charge in [0, 0.05) is 14.3 Å². The van der Waals surface area contributed by atoms with Crippen LogP contribution in [0.1, 0.15) is 5.56 Å². The fraction of sp³-hybridized carbons (Fsp3) is 0.143. The van der Waals surface area contributed by atoms with Crippen LogP contribution in [-0.2, 0) is 6.61 Å². The van der Waals surface area contributed by atoms with Crippen molar-refractivity contribution >= 4 is 27.7 Å². The van der Waals surface area contributed by atoms with Crippen LogP contribution in [0.2, 0.25) is 0 Å². The lowest BCUT2D eigenvalue weighted by Gasteiger charge is -2.07. The second-order valence-corrected chi connectivity index (χ2v) is 5.67. The summed E-state index contributed by atoms with van der Waals surface area (Å²) >= 11 is 5.17. The number of hydrogen-bond acceptors (Lipinski definition) is 3. The third kappa shape index (κ3) is 3.28. The lowest BCUT2D eigenvalue weighted by Crippen LogP contribution is -1.85. The van der Waals surface area contributed by atoms with Crippen LogP contribution in [0.3, 0.4) is 0 Å². The summed E-state index contributed by atoms with van der Waals surface area (Å²) in [5.41, 5.74) is 0.900. The quantitative estimate of drug-likeness (QED) is 0.918. The lowest BCUT2D eigenvalue weighted by molar-refractivity contribution is 0.281. The van der Waals surface area contributed by atoms with E-state index in [1.165, 1.54) is 0 Å². The van der Waals surface area contributed by atoms with Crippen LogP contribution < -0.4 is 4.74 Å². The molecule has 18 heavy (non-hydrogen) atoms. The first-order valence-corrected chi connectivity index (χ1v) is 7.05. The van der Waals surface area contributed by atoms with Gasteiger partial charge >= 0.3 is 0 Å². The minimum absolute atomic E-state index is 0.0582. The highest BCUT2D eigenvalue weighted by Crippen LogP contribution is 2.35. The summed E-state index contributed by atoms with van der Waals surface area (Å²) in [4.78, 5) is 2.23. The molecule has 0 atom stereocenters. The van der Waals surface area contributed by atoms with E-state index in [0.29, 0.717) is 0 Å². The van der Waals surface area contributed by atoms with E-state index in [1.54, 1.807) is 18.9 Å². The molecule has 94 valence electrons. The first kappa shape index (κ1) is 13.5. The molecule has 0 spiro atoms. The molecule has 4 heteroatoms. The molecule has 1 N–H and O–H groups in total. The van der Waals surface area contributed by atoms with Gasteiger partial charge in [0.15, 0.2) is 0 Å². The molecule has 0 aliphatic carbocycles. The topological polar surface area (TPSA) is 29.5 Å². The second kappa shape index (κ2) is 6.27. The van der Waals surface area contributed by atoms with Gasteiger partial charge in [-0.15, -0.1) is 0 Å². The largest absolute Gasteiger partial charge is 0.497 e. The van der Waals surface area contributed by atoms with Crippen molar-refractivity contribution in [3.8, 4) is 5.75 Å². The summed E-state index contributed by atoms with van der Waals surface area (Å²) in [6, 6.07) is 13.8. The number of methoxy groups -OCH3 is 1. The molecule has 0 saturated carbocycles. The Morgan fingerprint density at radius 2 is 2.06 bits per heavy atom. The predicted octanol–water partition coefficient (Wildman–Crippen LogP) is 4.10. The van der Waals surface area contributed by atoms with Crippen molar-refractivity contribution in [1.82, 2.24) is 0 Å². The summed E-state index contributed by atoms with van der Waals surface area (Å²) < 4.78 is 6.19. The van der Waals surface area contributed by atoms with Gasteiger partial charge in [-0.1, -0.05) is 23.9 Å². The highest BCUT2D eigenvalue weighted by atomic mass is 79.9. The normalized spacial score (nSPS) is 10.4. The van der Waals surface area contributed by atoms with Gasteiger partial charge in [-0.2, -0.15) is 0 Å². The van der Waals surface area contributed by atoms with E-state index in [4.69, 9.17) is 9.84 Å². The maximum atomic E-state index is 9.07. The van der Waals surface area contributed by atoms with Crippen LogP contribution in [0.25, 0.3) is 0 Å². The first-order valence-electron chi connectivity index (χ1n) is 5.44. The molecule has 0 aliphatic heterocycles. The molecular weight excluding hydrogens is 312 g/mol. The van der Waals surface area contributed by atoms with Gasteiger partial charge in [0.25, 0.3) is 0 Å². The van der Waals surface area contributed by atoms with Crippen LogP contribution in [0.4, 0.5) is 0 Å². The van der Waals surface area contributed by atoms with E-state index in [9.17, 15) is 0 Å². The molecule has 0 fully saturated rings. The number of hydrogen-bond donors (Lipinski definition) is 1. The molecule has 0 aliphatic rings. The number of rotatable bonds is 4. The number of benzene rings is 2. The van der Waals surface area contributed by atoms with Crippen molar-refractivity contribution in [3.05, 3.63) is 52.5 Å². The molecule has 2 aromatic carbocycles. The molecule has 0 aromatic heterocycles. The monoisotopic (exact) mass is 324 g/mol. The average Bonchev–Trinajstić information content (AvgIpc) is 2.41. The zero-order valence-corrected chi connectivity index (χ0v) is 12.3. The van der Waals surface area contributed by atoms with Crippen LogP contribution in [0, 0.1) is 0 Å². The van der Waals surface area contributed by atoms with Gasteiger partial charge in [-0.05, 0) is 51.8 Å². The van der Waals surface area contributed by atoms with Gasteiger partial charge in [0.2, 0.25) is 0 Å². The summed E-state index contributed by atoms with van der Waals surface area (Å²) in [6.07, 6.45) is 0. The van der Waals surface area contributed by atoms with Crippen molar-refractivity contribution in [2.45, 2.75) is 16.4 Å². The Balaban J connectivity index is 2.22. The predicted molar refractivity (Wildman–Crippen MR) is 77.2 cm³/mol. The van der Waals surface area contributed by atoms with E-state index in [1.807, 2.05) is 42.5 Å². The minimum Gasteiger partial charge on any atom is -0.497 e. The molecule has 0 bridgehead atoms. The molecule has 2 aromatic rings. The van der Waals surface area contributed by atoms with Gasteiger partial charge < -0.3 is 9.84 Å². The van der Waals surface area contributed by atoms with E-state index in [-0.39, 0.29) is 6.61 Å². The fourth-order valence-corrected chi connectivity index (χ4v) is 3.05. The molecule has 0 heterocycles. The van der Waals surface area contributed by atoms with Gasteiger partial charge in [0.05, 0.1) is 13.7 Å². The number of aliphatic hydroxyl groups is 1. The van der Waals surface area contributed by atoms with Gasteiger partial charge in [-0.3, -0.25) is 0 Å². The highest BCUT2D eigenvalue weighted by molar-refractivity contribution is 9.10. The van der Waals surface area contributed by atoms with E-state index in [2.05, 4.69) is 15.9 Å². The van der Waals surface area contributed by atoms with Gasteiger partial charge in [-0.25, -0.2) is 0 Å². The summed E-state index contributed by atoms with van der Waals surface area (Å²) in [5.74, 6) is 0.850. The lowest BCUT2D eigenvalue weighted by atomic mass is 10.2. The van der Waals surface area contributed by atoms with Crippen molar-refractivity contribution < 1.29 is 9.84 Å². The molecule has 0 unspecified atom stereocenters. The summed E-state index contributed by atoms with van der Waals surface area (Å²) in [5, 5.41) is 9.07. The molecule has 2 nitrogen and oxygen atoms in total. The van der Waals surface area contributed by atoms with E-state index >= 15 is 0 Å². The Morgan fingerprint density at radius 3 is 2.72 bits per heavy atom. The number of ether oxygens (including phenoxy) is 1. The minimum atomic E-state index is 0.0582. The van der Waals surface area contributed by atoms with Crippen LogP contribution in [0.5, 0.6) is 5.75 Å². The molecule has 2 rings (SSSR count). The van der Waals surface area contributed by atoms with E-state index < -0.39 is 0 Å². The van der Waals surface area contributed by atoms with Crippen molar-refractivity contribution in [3.63, 3.8) is 0 Å². The van der Waals surface area contributed by atoms with Crippen LogP contribution in [-0.4, -0.2) is 12.2 Å². The molecule has 0 amide bonds. The first-order chi connectivity index (χ1) is 8.72. The zero-order valence-electron chi connectivity index (χ0n) is 9.89. The highest BCUT2D eigenvalue weighted by Gasteiger charge is 2.04. The Bertz CT molecular complexity index is 543.